The van der Waals surface area contributed by atoms with Crippen LogP contribution in [0.25, 0.3) is 5.57 Å². The molecule has 1 N–H and O–H groups in total. The third-order valence-corrected chi connectivity index (χ3v) is 5.62. The fraction of sp³-hybridized carbons (Fsp3) is 0.579. The average molecular weight is 300 g/mol. The second-order valence-electron chi connectivity index (χ2n) is 6.81. The number of phenols is 1. The van der Waals surface area contributed by atoms with E-state index in [2.05, 4.69) is 6.07 Å². The van der Waals surface area contributed by atoms with Crippen molar-refractivity contribution in [1.29, 1.82) is 0 Å². The number of benzene rings is 1. The van der Waals surface area contributed by atoms with Crippen molar-refractivity contribution in [2.75, 3.05) is 7.11 Å². The van der Waals surface area contributed by atoms with Gasteiger partial charge in [0.2, 0.25) is 5.75 Å². The van der Waals surface area contributed by atoms with Gasteiger partial charge in [0.25, 0.3) is 0 Å². The molecule has 1 spiro atoms. The summed E-state index contributed by atoms with van der Waals surface area (Å²) < 4.78 is 11.8. The van der Waals surface area contributed by atoms with Gasteiger partial charge in [-0.05, 0) is 74.6 Å². The van der Waals surface area contributed by atoms with Gasteiger partial charge in [-0.3, -0.25) is 0 Å². The van der Waals surface area contributed by atoms with Crippen LogP contribution in [0.15, 0.2) is 17.7 Å². The van der Waals surface area contributed by atoms with Crippen LogP contribution in [-0.2, 0) is 0 Å². The maximum atomic E-state index is 10.6. The molecule has 3 nitrogen and oxygen atoms in total. The fourth-order valence-corrected chi connectivity index (χ4v) is 4.55. The summed E-state index contributed by atoms with van der Waals surface area (Å²) >= 11 is 0. The van der Waals surface area contributed by atoms with Gasteiger partial charge in [0.05, 0.1) is 7.11 Å². The minimum absolute atomic E-state index is 0.162. The van der Waals surface area contributed by atoms with Crippen LogP contribution in [0, 0.1) is 0 Å². The summed E-state index contributed by atoms with van der Waals surface area (Å²) in [6.45, 7) is 0. The lowest BCUT2D eigenvalue weighted by Gasteiger charge is -2.46. The number of rotatable bonds is 1. The molecule has 0 radical (unpaired) electrons. The lowest BCUT2D eigenvalue weighted by Crippen LogP contribution is -2.43. The van der Waals surface area contributed by atoms with Crippen LogP contribution < -0.4 is 9.47 Å². The number of ether oxygens (including phenoxy) is 2. The highest BCUT2D eigenvalue weighted by Gasteiger charge is 2.44. The Balaban J connectivity index is 1.90. The van der Waals surface area contributed by atoms with Gasteiger partial charge in [-0.1, -0.05) is 6.42 Å². The molecule has 2 aliphatic carbocycles. The Bertz CT molecular complexity index is 624. The Hall–Kier alpha value is -1.64. The maximum absolute atomic E-state index is 10.6. The van der Waals surface area contributed by atoms with E-state index >= 15 is 0 Å². The third kappa shape index (κ3) is 1.94. The molecule has 1 saturated carbocycles. The molecule has 0 bridgehead atoms. The normalized spacial score (nSPS) is 22.8. The highest BCUT2D eigenvalue weighted by atomic mass is 16.5. The van der Waals surface area contributed by atoms with Crippen LogP contribution in [0.4, 0.5) is 0 Å². The monoisotopic (exact) mass is 300 g/mol. The summed E-state index contributed by atoms with van der Waals surface area (Å²) in [5, 5.41) is 10.6. The molecule has 1 heterocycles. The average Bonchev–Trinajstić information content (AvgIpc) is 2.57. The summed E-state index contributed by atoms with van der Waals surface area (Å²) in [6, 6.07) is 3.92. The van der Waals surface area contributed by atoms with Crippen LogP contribution in [-0.4, -0.2) is 17.8 Å². The minimum Gasteiger partial charge on any atom is -0.502 e. The summed E-state index contributed by atoms with van der Waals surface area (Å²) in [7, 11) is 1.59. The highest BCUT2D eigenvalue weighted by molar-refractivity contribution is 5.80. The molecule has 1 aromatic carbocycles. The first kappa shape index (κ1) is 14.0. The molecule has 0 atom stereocenters. The first-order valence-corrected chi connectivity index (χ1v) is 8.57. The fourth-order valence-electron chi connectivity index (χ4n) is 4.55. The number of phenolic OH excluding ortho intramolecular Hbond substituents is 1. The van der Waals surface area contributed by atoms with E-state index in [1.165, 1.54) is 43.3 Å². The predicted octanol–water partition coefficient (Wildman–Crippen LogP) is 4.82. The third-order valence-electron chi connectivity index (χ3n) is 5.62. The molecule has 0 amide bonds. The molecular formula is C19H24O3. The molecule has 1 fully saturated rings. The number of hydrogen-bond donors (Lipinski definition) is 1. The van der Waals surface area contributed by atoms with Gasteiger partial charge in [-0.15, -0.1) is 0 Å². The van der Waals surface area contributed by atoms with Crippen molar-refractivity contribution in [3.05, 3.63) is 23.3 Å². The molecular weight excluding hydrogens is 276 g/mol. The van der Waals surface area contributed by atoms with Crippen molar-refractivity contribution in [3.8, 4) is 17.2 Å². The molecule has 0 unspecified atom stereocenters. The zero-order chi connectivity index (χ0) is 15.2. The van der Waals surface area contributed by atoms with Crippen molar-refractivity contribution in [1.82, 2.24) is 0 Å². The lowest BCUT2D eigenvalue weighted by molar-refractivity contribution is 0.0541. The van der Waals surface area contributed by atoms with Gasteiger partial charge < -0.3 is 14.6 Å². The minimum atomic E-state index is -0.162. The van der Waals surface area contributed by atoms with Gasteiger partial charge in [-0.25, -0.2) is 0 Å². The smallest absolute Gasteiger partial charge is 0.201 e. The summed E-state index contributed by atoms with van der Waals surface area (Å²) in [5.41, 5.74) is 3.89. The van der Waals surface area contributed by atoms with Gasteiger partial charge in [0.15, 0.2) is 11.5 Å². The topological polar surface area (TPSA) is 38.7 Å². The Labute approximate surface area is 131 Å². The zero-order valence-electron chi connectivity index (χ0n) is 13.3. The maximum Gasteiger partial charge on any atom is 0.201 e. The SMILES string of the molecule is COc1ccc2c(c1O)OC1(CCCCC1)C1=C2CCCC1. The molecule has 0 saturated heterocycles. The van der Waals surface area contributed by atoms with Crippen LogP contribution in [0.5, 0.6) is 17.2 Å². The molecule has 22 heavy (non-hydrogen) atoms. The number of aromatic hydroxyl groups is 1. The predicted molar refractivity (Wildman–Crippen MR) is 86.5 cm³/mol. The van der Waals surface area contributed by atoms with Crippen molar-refractivity contribution < 1.29 is 14.6 Å². The van der Waals surface area contributed by atoms with Crippen molar-refractivity contribution >= 4 is 5.57 Å². The van der Waals surface area contributed by atoms with E-state index in [1.807, 2.05) is 6.07 Å². The number of fused-ring (bicyclic) bond motifs is 3. The Kier molecular flexibility index (Phi) is 3.32. The number of allylic oxidation sites excluding steroid dienone is 1. The second kappa shape index (κ2) is 5.22. The Morgan fingerprint density at radius 3 is 2.59 bits per heavy atom. The molecule has 1 aliphatic heterocycles. The van der Waals surface area contributed by atoms with E-state index in [4.69, 9.17) is 9.47 Å². The Morgan fingerprint density at radius 1 is 1.05 bits per heavy atom. The number of methoxy groups -OCH3 is 1. The van der Waals surface area contributed by atoms with Gasteiger partial charge in [0.1, 0.15) is 5.60 Å². The Morgan fingerprint density at radius 2 is 1.82 bits per heavy atom. The van der Waals surface area contributed by atoms with E-state index in [0.717, 1.165) is 31.2 Å². The highest BCUT2D eigenvalue weighted by Crippen LogP contribution is 2.55. The van der Waals surface area contributed by atoms with E-state index < -0.39 is 0 Å². The lowest BCUT2D eigenvalue weighted by atomic mass is 9.70. The summed E-state index contributed by atoms with van der Waals surface area (Å²) in [6.07, 6.45) is 10.7. The van der Waals surface area contributed by atoms with Gasteiger partial charge in [0, 0.05) is 5.56 Å². The molecule has 1 aromatic rings. The zero-order valence-corrected chi connectivity index (χ0v) is 13.3. The summed E-state index contributed by atoms with van der Waals surface area (Å²) in [5.74, 6) is 1.33. The molecule has 118 valence electrons. The van der Waals surface area contributed by atoms with Crippen LogP contribution in [0.1, 0.15) is 63.4 Å². The second-order valence-corrected chi connectivity index (χ2v) is 6.81. The summed E-state index contributed by atoms with van der Waals surface area (Å²) in [4.78, 5) is 0. The number of hydrogen-bond acceptors (Lipinski definition) is 3. The molecule has 4 rings (SSSR count). The van der Waals surface area contributed by atoms with Crippen molar-refractivity contribution in [2.45, 2.75) is 63.4 Å². The van der Waals surface area contributed by atoms with Crippen molar-refractivity contribution in [2.24, 2.45) is 0 Å². The van der Waals surface area contributed by atoms with E-state index in [9.17, 15) is 5.11 Å². The van der Waals surface area contributed by atoms with Gasteiger partial charge in [-0.2, -0.15) is 0 Å². The molecule has 3 aliphatic rings. The quantitative estimate of drug-likeness (QED) is 0.808. The standard InChI is InChI=1S/C19H24O3/c1-21-16-10-9-14-13-7-3-4-8-15(13)19(11-5-2-6-12-19)22-18(14)17(16)20/h9-10,20H,2-8,11-12H2,1H3. The van der Waals surface area contributed by atoms with Gasteiger partial charge >= 0.3 is 0 Å². The van der Waals surface area contributed by atoms with E-state index in [0.29, 0.717) is 11.5 Å². The molecule has 0 aromatic heterocycles. The first-order valence-electron chi connectivity index (χ1n) is 8.57. The van der Waals surface area contributed by atoms with Crippen molar-refractivity contribution in [3.63, 3.8) is 0 Å². The van der Waals surface area contributed by atoms with E-state index in [-0.39, 0.29) is 11.4 Å². The van der Waals surface area contributed by atoms with E-state index in [1.54, 1.807) is 7.11 Å². The largest absolute Gasteiger partial charge is 0.502 e. The first-order chi connectivity index (χ1) is 10.7. The molecule has 3 heteroatoms. The van der Waals surface area contributed by atoms with Crippen LogP contribution in [0.3, 0.4) is 0 Å². The van der Waals surface area contributed by atoms with Crippen LogP contribution in [0.2, 0.25) is 0 Å². The van der Waals surface area contributed by atoms with Crippen LogP contribution >= 0.6 is 0 Å².